The highest BCUT2D eigenvalue weighted by atomic mass is 16.5. The number of unbranched alkanes of at least 4 members (excludes halogenated alkanes) is 4. The Morgan fingerprint density at radius 3 is 1.94 bits per heavy atom. The number of hydrogen-bond donors (Lipinski definition) is 0. The van der Waals surface area contributed by atoms with E-state index in [1.54, 1.807) is 14.2 Å². The number of ether oxygens (including phenoxy) is 2. The van der Waals surface area contributed by atoms with Gasteiger partial charge in [-0.15, -0.1) is 0 Å². The molecular weight excluding hydrogens is 224 g/mol. The molecule has 0 aliphatic rings. The molecule has 0 aromatic heterocycles. The molecule has 1 rings (SSSR count). The van der Waals surface area contributed by atoms with Crippen LogP contribution in [0.4, 0.5) is 0 Å². The first kappa shape index (κ1) is 14.9. The van der Waals surface area contributed by atoms with E-state index in [9.17, 15) is 0 Å². The van der Waals surface area contributed by atoms with E-state index in [4.69, 9.17) is 9.47 Å². The van der Waals surface area contributed by atoms with Crippen molar-refractivity contribution in [1.29, 1.82) is 0 Å². The third kappa shape index (κ3) is 4.25. The highest BCUT2D eigenvalue weighted by Gasteiger charge is 2.10. The molecule has 0 N–H and O–H groups in total. The number of rotatable bonds is 8. The SMILES string of the molecule is CCCCCCCc1c(OC)cc(C)cc1OC. The molecule has 0 radical (unpaired) electrons. The fraction of sp³-hybridized carbons (Fsp3) is 0.625. The minimum absolute atomic E-state index is 0.961. The molecule has 0 saturated heterocycles. The van der Waals surface area contributed by atoms with Crippen molar-refractivity contribution < 1.29 is 9.47 Å². The average Bonchev–Trinajstić information content (AvgIpc) is 2.39. The highest BCUT2D eigenvalue weighted by molar-refractivity contribution is 5.47. The monoisotopic (exact) mass is 250 g/mol. The van der Waals surface area contributed by atoms with Crippen LogP contribution in [0.25, 0.3) is 0 Å². The van der Waals surface area contributed by atoms with E-state index in [1.807, 2.05) is 0 Å². The topological polar surface area (TPSA) is 18.5 Å². The van der Waals surface area contributed by atoms with Gasteiger partial charge in [0, 0.05) is 5.56 Å². The Morgan fingerprint density at radius 1 is 0.889 bits per heavy atom. The van der Waals surface area contributed by atoms with Crippen LogP contribution in [0.5, 0.6) is 11.5 Å². The van der Waals surface area contributed by atoms with Crippen LogP contribution < -0.4 is 9.47 Å². The smallest absolute Gasteiger partial charge is 0.126 e. The predicted octanol–water partition coefficient (Wildman–Crippen LogP) is 4.53. The van der Waals surface area contributed by atoms with Crippen LogP contribution in [-0.4, -0.2) is 14.2 Å². The third-order valence-corrected chi connectivity index (χ3v) is 3.28. The lowest BCUT2D eigenvalue weighted by Gasteiger charge is -2.14. The van der Waals surface area contributed by atoms with Gasteiger partial charge in [0.25, 0.3) is 0 Å². The van der Waals surface area contributed by atoms with E-state index < -0.39 is 0 Å². The molecule has 2 heteroatoms. The van der Waals surface area contributed by atoms with Crippen molar-refractivity contribution in [1.82, 2.24) is 0 Å². The van der Waals surface area contributed by atoms with Crippen molar-refractivity contribution in [2.75, 3.05) is 14.2 Å². The Bertz CT molecular complexity index is 333. The zero-order valence-corrected chi connectivity index (χ0v) is 12.2. The van der Waals surface area contributed by atoms with E-state index in [0.717, 1.165) is 17.9 Å². The molecular formula is C16H26O2. The number of hydrogen-bond acceptors (Lipinski definition) is 2. The zero-order valence-electron chi connectivity index (χ0n) is 12.2. The van der Waals surface area contributed by atoms with Crippen LogP contribution in [0.15, 0.2) is 12.1 Å². The summed E-state index contributed by atoms with van der Waals surface area (Å²) in [5.41, 5.74) is 2.39. The minimum atomic E-state index is 0.961. The van der Waals surface area contributed by atoms with Gasteiger partial charge in [-0.2, -0.15) is 0 Å². The van der Waals surface area contributed by atoms with Crippen LogP contribution >= 0.6 is 0 Å². The Hall–Kier alpha value is -1.18. The normalized spacial score (nSPS) is 10.4. The molecule has 0 spiro atoms. The molecule has 1 aromatic carbocycles. The van der Waals surface area contributed by atoms with E-state index in [2.05, 4.69) is 26.0 Å². The van der Waals surface area contributed by atoms with Crippen LogP contribution in [0.3, 0.4) is 0 Å². The summed E-state index contributed by atoms with van der Waals surface area (Å²) in [5.74, 6) is 1.92. The third-order valence-electron chi connectivity index (χ3n) is 3.28. The van der Waals surface area contributed by atoms with Crippen molar-refractivity contribution in [2.45, 2.75) is 52.4 Å². The molecule has 0 bridgehead atoms. The highest BCUT2D eigenvalue weighted by Crippen LogP contribution is 2.31. The lowest BCUT2D eigenvalue weighted by atomic mass is 10.0. The lowest BCUT2D eigenvalue weighted by Crippen LogP contribution is -1.98. The van der Waals surface area contributed by atoms with Gasteiger partial charge in [0.2, 0.25) is 0 Å². The van der Waals surface area contributed by atoms with Gasteiger partial charge < -0.3 is 9.47 Å². The van der Waals surface area contributed by atoms with E-state index in [0.29, 0.717) is 0 Å². The Labute approximate surface area is 111 Å². The van der Waals surface area contributed by atoms with Crippen LogP contribution in [0.2, 0.25) is 0 Å². The van der Waals surface area contributed by atoms with Gasteiger partial charge in [-0.1, -0.05) is 32.6 Å². The molecule has 0 amide bonds. The average molecular weight is 250 g/mol. The van der Waals surface area contributed by atoms with Gasteiger partial charge in [-0.25, -0.2) is 0 Å². The molecule has 0 saturated carbocycles. The van der Waals surface area contributed by atoms with Gasteiger partial charge >= 0.3 is 0 Å². The Kier molecular flexibility index (Phi) is 6.63. The maximum absolute atomic E-state index is 5.47. The van der Waals surface area contributed by atoms with Gasteiger partial charge in [0.1, 0.15) is 11.5 Å². The second-order valence-corrected chi connectivity index (χ2v) is 4.81. The lowest BCUT2D eigenvalue weighted by molar-refractivity contribution is 0.383. The van der Waals surface area contributed by atoms with E-state index in [1.165, 1.54) is 43.2 Å². The molecule has 2 nitrogen and oxygen atoms in total. The Balaban J connectivity index is 2.67. The van der Waals surface area contributed by atoms with Gasteiger partial charge in [-0.3, -0.25) is 0 Å². The summed E-state index contributed by atoms with van der Waals surface area (Å²) in [6, 6.07) is 4.17. The molecule has 0 atom stereocenters. The van der Waals surface area contributed by atoms with Crippen LogP contribution in [-0.2, 0) is 6.42 Å². The molecule has 102 valence electrons. The van der Waals surface area contributed by atoms with Crippen molar-refractivity contribution in [3.63, 3.8) is 0 Å². The summed E-state index contributed by atoms with van der Waals surface area (Å²) in [5, 5.41) is 0. The van der Waals surface area contributed by atoms with Gasteiger partial charge in [0.15, 0.2) is 0 Å². The molecule has 0 aliphatic carbocycles. The maximum atomic E-state index is 5.47. The Morgan fingerprint density at radius 2 is 1.44 bits per heavy atom. The first-order valence-corrected chi connectivity index (χ1v) is 6.94. The first-order valence-electron chi connectivity index (χ1n) is 6.94. The second-order valence-electron chi connectivity index (χ2n) is 4.81. The number of methoxy groups -OCH3 is 2. The van der Waals surface area contributed by atoms with Crippen molar-refractivity contribution in [3.05, 3.63) is 23.3 Å². The number of aryl methyl sites for hydroxylation is 1. The summed E-state index contributed by atoms with van der Waals surface area (Å²) >= 11 is 0. The summed E-state index contributed by atoms with van der Waals surface area (Å²) in [7, 11) is 3.46. The molecule has 0 unspecified atom stereocenters. The second kappa shape index (κ2) is 8.02. The molecule has 18 heavy (non-hydrogen) atoms. The van der Waals surface area contributed by atoms with Crippen molar-refractivity contribution >= 4 is 0 Å². The minimum Gasteiger partial charge on any atom is -0.496 e. The van der Waals surface area contributed by atoms with Crippen molar-refractivity contribution in [2.24, 2.45) is 0 Å². The number of benzene rings is 1. The summed E-state index contributed by atoms with van der Waals surface area (Å²) in [4.78, 5) is 0. The van der Waals surface area contributed by atoms with Crippen LogP contribution in [0.1, 0.15) is 50.2 Å². The molecule has 0 fully saturated rings. The fourth-order valence-corrected chi connectivity index (χ4v) is 2.27. The fourth-order valence-electron chi connectivity index (χ4n) is 2.27. The van der Waals surface area contributed by atoms with Crippen molar-refractivity contribution in [3.8, 4) is 11.5 Å². The molecule has 0 heterocycles. The summed E-state index contributed by atoms with van der Waals surface area (Å²) in [6.45, 7) is 4.31. The predicted molar refractivity (Wildman–Crippen MR) is 76.7 cm³/mol. The van der Waals surface area contributed by atoms with E-state index in [-0.39, 0.29) is 0 Å². The quantitative estimate of drug-likeness (QED) is 0.631. The molecule has 0 aliphatic heterocycles. The molecule has 1 aromatic rings. The largest absolute Gasteiger partial charge is 0.496 e. The summed E-state index contributed by atoms with van der Waals surface area (Å²) < 4.78 is 10.9. The standard InChI is InChI=1S/C16H26O2/c1-5-6-7-8-9-10-14-15(17-3)11-13(2)12-16(14)18-4/h11-12H,5-10H2,1-4H3. The maximum Gasteiger partial charge on any atom is 0.126 e. The van der Waals surface area contributed by atoms with Gasteiger partial charge in [0.05, 0.1) is 14.2 Å². The zero-order chi connectivity index (χ0) is 13.4. The van der Waals surface area contributed by atoms with Gasteiger partial charge in [-0.05, 0) is 37.5 Å². The summed E-state index contributed by atoms with van der Waals surface area (Å²) in [6.07, 6.45) is 7.48. The van der Waals surface area contributed by atoms with E-state index >= 15 is 0 Å². The van der Waals surface area contributed by atoms with Crippen LogP contribution in [0, 0.1) is 6.92 Å². The first-order chi connectivity index (χ1) is 8.72.